The predicted octanol–water partition coefficient (Wildman–Crippen LogP) is 1.90. The Morgan fingerprint density at radius 2 is 1.73 bits per heavy atom. The second-order valence-corrected chi connectivity index (χ2v) is 3.35. The summed E-state index contributed by atoms with van der Waals surface area (Å²) in [6.07, 6.45) is 0. The normalized spacial score (nSPS) is 14.8. The van der Waals surface area contributed by atoms with Crippen LogP contribution in [0.4, 0.5) is 13.2 Å². The van der Waals surface area contributed by atoms with Gasteiger partial charge in [-0.25, -0.2) is 13.2 Å². The molecule has 0 aliphatic rings. The smallest absolute Gasteiger partial charge is 0.168 e. The third kappa shape index (κ3) is 1.87. The molecule has 1 atom stereocenters. The minimum absolute atomic E-state index is 0.588. The molecule has 2 nitrogen and oxygen atoms in total. The van der Waals surface area contributed by atoms with Gasteiger partial charge in [-0.05, 0) is 26.0 Å². The Labute approximate surface area is 84.3 Å². The first kappa shape index (κ1) is 11.7. The number of carbonyl (C=O) groups is 1. The molecule has 82 valence electrons. The van der Waals surface area contributed by atoms with Crippen LogP contribution < -0.4 is 0 Å². The van der Waals surface area contributed by atoms with Gasteiger partial charge in [0.2, 0.25) is 0 Å². The minimum atomic E-state index is -2.36. The van der Waals surface area contributed by atoms with Crippen LogP contribution in [0.3, 0.4) is 0 Å². The van der Waals surface area contributed by atoms with Crippen LogP contribution in [0.2, 0.25) is 0 Å². The van der Waals surface area contributed by atoms with Crippen molar-refractivity contribution in [2.45, 2.75) is 19.4 Å². The first-order chi connectivity index (χ1) is 6.78. The van der Waals surface area contributed by atoms with Gasteiger partial charge < -0.3 is 5.11 Å². The highest BCUT2D eigenvalue weighted by molar-refractivity contribution is 5.85. The van der Waals surface area contributed by atoms with Gasteiger partial charge in [0.15, 0.2) is 23.0 Å². The highest BCUT2D eigenvalue weighted by atomic mass is 19.2. The molecule has 1 N–H and O–H groups in total. The standard InChI is InChI=1S/C10H9F3O2/c1-5(14)10(2,15)8-6(11)3-4-7(12)9(8)13/h3-4,15H,1-2H3. The van der Waals surface area contributed by atoms with Crippen LogP contribution in [-0.2, 0) is 10.4 Å². The van der Waals surface area contributed by atoms with Crippen LogP contribution >= 0.6 is 0 Å². The van der Waals surface area contributed by atoms with E-state index >= 15 is 0 Å². The molecule has 0 aromatic heterocycles. The summed E-state index contributed by atoms with van der Waals surface area (Å²) in [7, 11) is 0. The van der Waals surface area contributed by atoms with Crippen molar-refractivity contribution in [1.82, 2.24) is 0 Å². The Bertz CT molecular complexity index is 413. The van der Waals surface area contributed by atoms with Crippen molar-refractivity contribution in [3.05, 3.63) is 35.1 Å². The molecule has 0 amide bonds. The molecule has 1 unspecified atom stereocenters. The van der Waals surface area contributed by atoms with E-state index in [1.54, 1.807) is 0 Å². The fourth-order valence-corrected chi connectivity index (χ4v) is 1.15. The Morgan fingerprint density at radius 1 is 1.27 bits per heavy atom. The van der Waals surface area contributed by atoms with Crippen LogP contribution in [-0.4, -0.2) is 10.9 Å². The quantitative estimate of drug-likeness (QED) is 0.770. The van der Waals surface area contributed by atoms with E-state index in [4.69, 9.17) is 0 Å². The van der Waals surface area contributed by atoms with Crippen molar-refractivity contribution in [2.24, 2.45) is 0 Å². The van der Waals surface area contributed by atoms with Gasteiger partial charge in [0.1, 0.15) is 5.82 Å². The molecular weight excluding hydrogens is 209 g/mol. The lowest BCUT2D eigenvalue weighted by Crippen LogP contribution is -2.32. The summed E-state index contributed by atoms with van der Waals surface area (Å²) < 4.78 is 39.1. The third-order valence-corrected chi connectivity index (χ3v) is 2.22. The van der Waals surface area contributed by atoms with Gasteiger partial charge in [-0.15, -0.1) is 0 Å². The van der Waals surface area contributed by atoms with Crippen molar-refractivity contribution >= 4 is 5.78 Å². The summed E-state index contributed by atoms with van der Waals surface area (Å²) in [4.78, 5) is 11.0. The SMILES string of the molecule is CC(=O)C(C)(O)c1c(F)ccc(F)c1F. The van der Waals surface area contributed by atoms with Crippen LogP contribution in [0.1, 0.15) is 19.4 Å². The Morgan fingerprint density at radius 3 is 2.20 bits per heavy atom. The number of ketones is 1. The summed E-state index contributed by atoms with van der Waals surface area (Å²) in [6, 6.07) is 1.25. The second kappa shape index (κ2) is 3.66. The van der Waals surface area contributed by atoms with Gasteiger partial charge in [0.25, 0.3) is 0 Å². The number of aliphatic hydroxyl groups is 1. The maximum absolute atomic E-state index is 13.2. The van der Waals surface area contributed by atoms with Crippen molar-refractivity contribution in [3.8, 4) is 0 Å². The molecule has 0 spiro atoms. The van der Waals surface area contributed by atoms with E-state index in [9.17, 15) is 23.1 Å². The molecule has 0 radical (unpaired) electrons. The van der Waals surface area contributed by atoms with E-state index in [-0.39, 0.29) is 0 Å². The largest absolute Gasteiger partial charge is 0.377 e. The first-order valence-electron chi connectivity index (χ1n) is 4.16. The first-order valence-corrected chi connectivity index (χ1v) is 4.16. The molecule has 0 aliphatic carbocycles. The number of carbonyl (C=O) groups excluding carboxylic acids is 1. The van der Waals surface area contributed by atoms with Crippen molar-refractivity contribution < 1.29 is 23.1 Å². The lowest BCUT2D eigenvalue weighted by Gasteiger charge is -2.21. The van der Waals surface area contributed by atoms with E-state index in [1.165, 1.54) is 0 Å². The number of rotatable bonds is 2. The Balaban J connectivity index is 3.49. The average molecular weight is 218 g/mol. The molecular formula is C10H9F3O2. The van der Waals surface area contributed by atoms with E-state index < -0.39 is 34.4 Å². The van der Waals surface area contributed by atoms with Gasteiger partial charge in [-0.3, -0.25) is 4.79 Å². The maximum Gasteiger partial charge on any atom is 0.168 e. The summed E-state index contributed by atoms with van der Waals surface area (Å²) >= 11 is 0. The predicted molar refractivity (Wildman–Crippen MR) is 46.6 cm³/mol. The summed E-state index contributed by atoms with van der Waals surface area (Å²) in [6.45, 7) is 1.88. The third-order valence-electron chi connectivity index (χ3n) is 2.22. The van der Waals surface area contributed by atoms with Crippen molar-refractivity contribution in [1.29, 1.82) is 0 Å². The lowest BCUT2D eigenvalue weighted by molar-refractivity contribution is -0.134. The molecule has 0 fully saturated rings. The number of Topliss-reactive ketones (excluding diaryl/α,β-unsaturated/α-hetero) is 1. The zero-order valence-corrected chi connectivity index (χ0v) is 8.14. The molecule has 0 saturated heterocycles. The van der Waals surface area contributed by atoms with Crippen LogP contribution in [0.25, 0.3) is 0 Å². The van der Waals surface area contributed by atoms with Gasteiger partial charge in [-0.1, -0.05) is 0 Å². The lowest BCUT2D eigenvalue weighted by atomic mass is 9.91. The molecule has 1 rings (SSSR count). The van der Waals surface area contributed by atoms with E-state index in [0.717, 1.165) is 13.8 Å². The highest BCUT2D eigenvalue weighted by Crippen LogP contribution is 2.28. The van der Waals surface area contributed by atoms with E-state index in [0.29, 0.717) is 12.1 Å². The monoisotopic (exact) mass is 218 g/mol. The maximum atomic E-state index is 13.2. The minimum Gasteiger partial charge on any atom is -0.377 e. The highest BCUT2D eigenvalue weighted by Gasteiger charge is 2.36. The number of benzene rings is 1. The second-order valence-electron chi connectivity index (χ2n) is 3.35. The number of halogens is 3. The molecule has 15 heavy (non-hydrogen) atoms. The van der Waals surface area contributed by atoms with Crippen LogP contribution in [0.15, 0.2) is 12.1 Å². The van der Waals surface area contributed by atoms with Crippen molar-refractivity contribution in [3.63, 3.8) is 0 Å². The summed E-state index contributed by atoms with van der Waals surface area (Å²) in [5, 5.41) is 9.55. The van der Waals surface area contributed by atoms with Crippen LogP contribution in [0.5, 0.6) is 0 Å². The molecule has 0 bridgehead atoms. The number of hydrogen-bond acceptors (Lipinski definition) is 2. The fraction of sp³-hybridized carbons (Fsp3) is 0.300. The summed E-state index contributed by atoms with van der Waals surface area (Å²) in [5.74, 6) is -4.89. The summed E-state index contributed by atoms with van der Waals surface area (Å²) in [5.41, 5.74) is -3.33. The molecule has 0 saturated carbocycles. The molecule has 0 aliphatic heterocycles. The topological polar surface area (TPSA) is 37.3 Å². The Hall–Kier alpha value is -1.36. The van der Waals surface area contributed by atoms with Crippen molar-refractivity contribution in [2.75, 3.05) is 0 Å². The molecule has 5 heteroatoms. The van der Waals surface area contributed by atoms with E-state index in [1.807, 2.05) is 0 Å². The Kier molecular flexibility index (Phi) is 2.86. The molecule has 0 heterocycles. The average Bonchev–Trinajstić information content (AvgIpc) is 2.11. The fourth-order valence-electron chi connectivity index (χ4n) is 1.15. The zero-order chi connectivity index (χ0) is 11.8. The zero-order valence-electron chi connectivity index (χ0n) is 8.14. The van der Waals surface area contributed by atoms with Gasteiger partial charge in [0, 0.05) is 0 Å². The van der Waals surface area contributed by atoms with Gasteiger partial charge >= 0.3 is 0 Å². The van der Waals surface area contributed by atoms with E-state index in [2.05, 4.69) is 0 Å². The molecule has 1 aromatic carbocycles. The van der Waals surface area contributed by atoms with Gasteiger partial charge in [-0.2, -0.15) is 0 Å². The van der Waals surface area contributed by atoms with Crippen LogP contribution in [0, 0.1) is 17.5 Å². The number of hydrogen-bond donors (Lipinski definition) is 1. The van der Waals surface area contributed by atoms with Gasteiger partial charge in [0.05, 0.1) is 5.56 Å². The molecule has 1 aromatic rings.